The van der Waals surface area contributed by atoms with Gasteiger partial charge in [-0.1, -0.05) is 36.4 Å². The minimum atomic E-state index is 0.232. The van der Waals surface area contributed by atoms with Gasteiger partial charge in [0, 0.05) is 53.1 Å². The molecule has 1 aliphatic rings. The Hall–Kier alpha value is -2.04. The van der Waals surface area contributed by atoms with Crippen molar-refractivity contribution < 1.29 is 4.79 Å². The van der Waals surface area contributed by atoms with Crippen LogP contribution >= 0.6 is 11.8 Å². The third kappa shape index (κ3) is 2.87. The van der Waals surface area contributed by atoms with E-state index in [1.54, 1.807) is 11.8 Å². The first-order chi connectivity index (χ1) is 11.8. The number of aromatic nitrogens is 1. The lowest BCUT2D eigenvalue weighted by molar-refractivity contribution is 0.102. The molecule has 1 aromatic heterocycles. The lowest BCUT2D eigenvalue weighted by Crippen LogP contribution is -2.17. The molecule has 4 rings (SSSR count). The number of Topliss-reactive ketones (excluding diaryl/α,β-unsaturated/α-hetero) is 1. The van der Waals surface area contributed by atoms with Crippen LogP contribution in [-0.4, -0.2) is 29.2 Å². The topological polar surface area (TPSA) is 34.0 Å². The van der Waals surface area contributed by atoms with Gasteiger partial charge in [-0.3, -0.25) is 4.79 Å². The largest absolute Gasteiger partial charge is 0.343 e. The Morgan fingerprint density at radius 2 is 1.83 bits per heavy atom. The molecule has 0 aliphatic carbocycles. The molecule has 0 saturated carbocycles. The van der Waals surface area contributed by atoms with Gasteiger partial charge in [0.05, 0.1) is 5.75 Å². The Balaban J connectivity index is 1.70. The van der Waals surface area contributed by atoms with Crippen LogP contribution in [0.2, 0.25) is 0 Å². The molecule has 1 N–H and O–H groups in total. The molecule has 0 radical (unpaired) electrons. The number of carbonyl (C=O) groups excluding carboxylic acids is 1. The van der Waals surface area contributed by atoms with Crippen LogP contribution < -0.4 is 5.32 Å². The third-order valence-corrected chi connectivity index (χ3v) is 5.53. The van der Waals surface area contributed by atoms with Gasteiger partial charge < -0.3 is 9.88 Å². The van der Waals surface area contributed by atoms with E-state index in [1.165, 1.54) is 11.2 Å². The van der Waals surface area contributed by atoms with Crippen molar-refractivity contribution >= 4 is 28.4 Å². The fourth-order valence-corrected chi connectivity index (χ4v) is 4.23. The maximum Gasteiger partial charge on any atom is 0.175 e. The molecule has 4 heteroatoms. The molecule has 2 aromatic carbocycles. The van der Waals surface area contributed by atoms with Crippen LogP contribution in [0, 0.1) is 0 Å². The normalized spacial score (nSPS) is 14.3. The van der Waals surface area contributed by atoms with Gasteiger partial charge in [0.25, 0.3) is 0 Å². The van der Waals surface area contributed by atoms with Crippen LogP contribution in [0.4, 0.5) is 0 Å². The van der Waals surface area contributed by atoms with Crippen molar-refractivity contribution in [1.29, 1.82) is 0 Å². The average Bonchev–Trinajstić information content (AvgIpc) is 2.77. The molecule has 0 fully saturated rings. The van der Waals surface area contributed by atoms with Crippen molar-refractivity contribution in [2.24, 2.45) is 0 Å². The summed E-state index contributed by atoms with van der Waals surface area (Å²) in [5.41, 5.74) is 3.31. The number of ketones is 1. The van der Waals surface area contributed by atoms with Crippen molar-refractivity contribution in [2.45, 2.75) is 17.9 Å². The maximum absolute atomic E-state index is 13.0. The molecule has 2 heterocycles. The number of rotatable bonds is 4. The lowest BCUT2D eigenvalue weighted by Gasteiger charge is -2.07. The molecule has 3 aromatic rings. The maximum atomic E-state index is 13.0. The van der Waals surface area contributed by atoms with E-state index in [2.05, 4.69) is 40.2 Å². The predicted octanol–water partition coefficient (Wildman–Crippen LogP) is 3.76. The standard InChI is InChI=1S/C20H20N2OS/c23-19(14-24-15-6-2-1-3-7-15)20-16-8-4-5-9-17(16)22-13-12-21-11-10-18(20)22/h1-9,21H,10-14H2. The number of hydrogen-bond acceptors (Lipinski definition) is 3. The van der Waals surface area contributed by atoms with E-state index >= 15 is 0 Å². The zero-order valence-corrected chi connectivity index (χ0v) is 14.3. The number of fused-ring (bicyclic) bond motifs is 3. The van der Waals surface area contributed by atoms with E-state index in [4.69, 9.17) is 0 Å². The third-order valence-electron chi connectivity index (χ3n) is 4.52. The van der Waals surface area contributed by atoms with Gasteiger partial charge in [-0.2, -0.15) is 0 Å². The lowest BCUT2D eigenvalue weighted by atomic mass is 10.1. The van der Waals surface area contributed by atoms with Gasteiger partial charge in [-0.05, 0) is 18.2 Å². The molecule has 0 unspecified atom stereocenters. The van der Waals surface area contributed by atoms with Crippen LogP contribution in [0.5, 0.6) is 0 Å². The second-order valence-electron chi connectivity index (χ2n) is 6.02. The summed E-state index contributed by atoms with van der Waals surface area (Å²) in [5, 5.41) is 4.54. The van der Waals surface area contributed by atoms with Crippen molar-refractivity contribution in [1.82, 2.24) is 9.88 Å². The van der Waals surface area contributed by atoms with Crippen LogP contribution in [0.1, 0.15) is 16.1 Å². The highest BCUT2D eigenvalue weighted by Gasteiger charge is 2.23. The van der Waals surface area contributed by atoms with Gasteiger partial charge in [-0.25, -0.2) is 0 Å². The zero-order valence-electron chi connectivity index (χ0n) is 13.5. The molecule has 0 atom stereocenters. The van der Waals surface area contributed by atoms with E-state index in [9.17, 15) is 4.79 Å². The van der Waals surface area contributed by atoms with Crippen LogP contribution in [0.15, 0.2) is 59.5 Å². The number of nitrogens with zero attached hydrogens (tertiary/aromatic N) is 1. The first kappa shape index (κ1) is 15.5. The Bertz CT molecular complexity index is 870. The monoisotopic (exact) mass is 336 g/mol. The highest BCUT2D eigenvalue weighted by Crippen LogP contribution is 2.29. The summed E-state index contributed by atoms with van der Waals surface area (Å²) in [6.45, 7) is 2.81. The summed E-state index contributed by atoms with van der Waals surface area (Å²) >= 11 is 1.62. The van der Waals surface area contributed by atoms with Crippen LogP contribution in [0.25, 0.3) is 10.9 Å². The second kappa shape index (κ2) is 6.83. The van der Waals surface area contributed by atoms with Crippen molar-refractivity contribution in [2.75, 3.05) is 18.8 Å². The summed E-state index contributed by atoms with van der Waals surface area (Å²) in [6.07, 6.45) is 0.908. The van der Waals surface area contributed by atoms with Crippen molar-refractivity contribution in [3.05, 3.63) is 65.9 Å². The second-order valence-corrected chi connectivity index (χ2v) is 7.06. The molecule has 24 heavy (non-hydrogen) atoms. The van der Waals surface area contributed by atoms with Gasteiger partial charge in [0.1, 0.15) is 0 Å². The Kier molecular flexibility index (Phi) is 4.41. The van der Waals surface area contributed by atoms with Crippen molar-refractivity contribution in [3.63, 3.8) is 0 Å². The number of carbonyl (C=O) groups is 1. The molecule has 0 amide bonds. The van der Waals surface area contributed by atoms with E-state index in [0.29, 0.717) is 5.75 Å². The van der Waals surface area contributed by atoms with Gasteiger partial charge in [0.2, 0.25) is 0 Å². The SMILES string of the molecule is O=C(CSc1ccccc1)c1c2n(c3ccccc13)CCNCC2. The Morgan fingerprint density at radius 1 is 1.04 bits per heavy atom. The number of nitrogens with one attached hydrogen (secondary N) is 1. The van der Waals surface area contributed by atoms with Crippen molar-refractivity contribution in [3.8, 4) is 0 Å². The smallest absolute Gasteiger partial charge is 0.175 e. The zero-order chi connectivity index (χ0) is 16.4. The average molecular weight is 336 g/mol. The molecule has 0 bridgehead atoms. The first-order valence-corrected chi connectivity index (χ1v) is 9.35. The highest BCUT2D eigenvalue weighted by molar-refractivity contribution is 8.00. The first-order valence-electron chi connectivity index (χ1n) is 8.36. The Morgan fingerprint density at radius 3 is 2.71 bits per heavy atom. The molecule has 122 valence electrons. The fourth-order valence-electron chi connectivity index (χ4n) is 3.44. The van der Waals surface area contributed by atoms with Gasteiger partial charge in [-0.15, -0.1) is 11.8 Å². The fraction of sp³-hybridized carbons (Fsp3) is 0.250. The molecule has 0 spiro atoms. The van der Waals surface area contributed by atoms with Gasteiger partial charge in [0.15, 0.2) is 5.78 Å². The minimum Gasteiger partial charge on any atom is -0.343 e. The molecule has 3 nitrogen and oxygen atoms in total. The summed E-state index contributed by atoms with van der Waals surface area (Å²) in [5.74, 6) is 0.717. The number of hydrogen-bond donors (Lipinski definition) is 1. The highest BCUT2D eigenvalue weighted by atomic mass is 32.2. The number of benzene rings is 2. The molecular formula is C20H20N2OS. The van der Waals surface area contributed by atoms with Gasteiger partial charge >= 0.3 is 0 Å². The number of thioether (sulfide) groups is 1. The van der Waals surface area contributed by atoms with E-state index in [-0.39, 0.29) is 5.78 Å². The summed E-state index contributed by atoms with van der Waals surface area (Å²) in [7, 11) is 0. The molecule has 1 aliphatic heterocycles. The van der Waals surface area contributed by atoms with E-state index in [1.807, 2.05) is 24.3 Å². The summed E-state index contributed by atoms with van der Waals surface area (Å²) in [4.78, 5) is 14.2. The van der Waals surface area contributed by atoms with E-state index in [0.717, 1.165) is 41.9 Å². The van der Waals surface area contributed by atoms with Crippen LogP contribution in [-0.2, 0) is 13.0 Å². The Labute approximate surface area is 146 Å². The minimum absolute atomic E-state index is 0.232. The number of para-hydroxylation sites is 1. The summed E-state index contributed by atoms with van der Waals surface area (Å²) < 4.78 is 2.33. The summed E-state index contributed by atoms with van der Waals surface area (Å²) in [6, 6.07) is 18.4. The predicted molar refractivity (Wildman–Crippen MR) is 100 cm³/mol. The molecular weight excluding hydrogens is 316 g/mol. The van der Waals surface area contributed by atoms with E-state index < -0.39 is 0 Å². The quantitative estimate of drug-likeness (QED) is 0.582. The molecule has 0 saturated heterocycles. The van der Waals surface area contributed by atoms with Crippen LogP contribution in [0.3, 0.4) is 0 Å².